The standard InChI is InChI=1S/C21H25N3O4S/c1-15(25)22-17-10-12-18(13-11-17)29(27,28)24(2)14-21(26)23-20-9-5-7-16-6-3-4-8-19(16)20/h3-4,6,8,10-13,20H,5,7,9,14H2,1-2H3,(H,22,25)(H,23,26)/t20-/m0/s1. The summed E-state index contributed by atoms with van der Waals surface area (Å²) < 4.78 is 26.5. The second kappa shape index (κ2) is 8.75. The summed E-state index contributed by atoms with van der Waals surface area (Å²) in [5.74, 6) is -0.577. The molecule has 0 heterocycles. The Morgan fingerprint density at radius 3 is 2.48 bits per heavy atom. The van der Waals surface area contributed by atoms with Gasteiger partial charge in [0, 0.05) is 19.7 Å². The fraction of sp³-hybridized carbons (Fsp3) is 0.333. The zero-order valence-corrected chi connectivity index (χ0v) is 17.3. The smallest absolute Gasteiger partial charge is 0.243 e. The van der Waals surface area contributed by atoms with E-state index in [0.29, 0.717) is 5.69 Å². The Morgan fingerprint density at radius 1 is 1.10 bits per heavy atom. The van der Waals surface area contributed by atoms with E-state index in [2.05, 4.69) is 16.7 Å². The molecule has 0 saturated heterocycles. The van der Waals surface area contributed by atoms with Gasteiger partial charge in [0.05, 0.1) is 17.5 Å². The molecule has 0 aromatic heterocycles. The highest BCUT2D eigenvalue weighted by Gasteiger charge is 2.26. The molecular weight excluding hydrogens is 390 g/mol. The largest absolute Gasteiger partial charge is 0.348 e. The molecule has 1 atom stereocenters. The van der Waals surface area contributed by atoms with Crippen molar-refractivity contribution in [3.63, 3.8) is 0 Å². The first-order valence-electron chi connectivity index (χ1n) is 9.48. The highest BCUT2D eigenvalue weighted by Crippen LogP contribution is 2.29. The molecule has 154 valence electrons. The first-order chi connectivity index (χ1) is 13.8. The number of aryl methyl sites for hydroxylation is 1. The van der Waals surface area contributed by atoms with Crippen LogP contribution in [0.25, 0.3) is 0 Å². The number of carbonyl (C=O) groups is 2. The van der Waals surface area contributed by atoms with Crippen molar-refractivity contribution in [1.29, 1.82) is 0 Å². The van der Waals surface area contributed by atoms with E-state index in [9.17, 15) is 18.0 Å². The van der Waals surface area contributed by atoms with Crippen molar-refractivity contribution < 1.29 is 18.0 Å². The third kappa shape index (κ3) is 5.02. The van der Waals surface area contributed by atoms with Crippen molar-refractivity contribution in [2.45, 2.75) is 37.1 Å². The summed E-state index contributed by atoms with van der Waals surface area (Å²) in [5.41, 5.74) is 2.84. The third-order valence-corrected chi connectivity index (χ3v) is 6.77. The number of nitrogens with zero attached hydrogens (tertiary/aromatic N) is 1. The summed E-state index contributed by atoms with van der Waals surface area (Å²) in [4.78, 5) is 23.7. The number of hydrogen-bond acceptors (Lipinski definition) is 4. The number of sulfonamides is 1. The van der Waals surface area contributed by atoms with Crippen LogP contribution in [0.2, 0.25) is 0 Å². The van der Waals surface area contributed by atoms with Crippen molar-refractivity contribution in [3.05, 3.63) is 59.7 Å². The molecule has 29 heavy (non-hydrogen) atoms. The molecular formula is C21H25N3O4S. The Bertz CT molecular complexity index is 1000. The summed E-state index contributed by atoms with van der Waals surface area (Å²) in [7, 11) is -2.44. The maximum absolute atomic E-state index is 12.8. The molecule has 2 aromatic carbocycles. The lowest BCUT2D eigenvalue weighted by molar-refractivity contribution is -0.122. The topological polar surface area (TPSA) is 95.6 Å². The van der Waals surface area contributed by atoms with Gasteiger partial charge in [-0.1, -0.05) is 24.3 Å². The molecule has 2 amide bonds. The number of fused-ring (bicyclic) bond motifs is 1. The molecule has 2 aromatic rings. The summed E-state index contributed by atoms with van der Waals surface area (Å²) in [6, 6.07) is 13.8. The average molecular weight is 416 g/mol. The van der Waals surface area contributed by atoms with E-state index in [4.69, 9.17) is 0 Å². The zero-order valence-electron chi connectivity index (χ0n) is 16.5. The summed E-state index contributed by atoms with van der Waals surface area (Å²) in [5, 5.41) is 5.55. The number of amides is 2. The molecule has 3 rings (SSSR count). The summed E-state index contributed by atoms with van der Waals surface area (Å²) >= 11 is 0. The van der Waals surface area contributed by atoms with Gasteiger partial charge in [0.1, 0.15) is 0 Å². The van der Waals surface area contributed by atoms with Crippen molar-refractivity contribution in [2.24, 2.45) is 0 Å². The number of hydrogen-bond donors (Lipinski definition) is 2. The first-order valence-corrected chi connectivity index (χ1v) is 10.9. The van der Waals surface area contributed by atoms with Crippen LogP contribution in [0.4, 0.5) is 5.69 Å². The molecule has 0 aliphatic heterocycles. The van der Waals surface area contributed by atoms with E-state index in [0.717, 1.165) is 29.1 Å². The van der Waals surface area contributed by atoms with Crippen LogP contribution in [-0.4, -0.2) is 38.1 Å². The van der Waals surface area contributed by atoms with Gasteiger partial charge in [0.25, 0.3) is 0 Å². The molecule has 1 aliphatic carbocycles. The van der Waals surface area contributed by atoms with E-state index < -0.39 is 10.0 Å². The fourth-order valence-corrected chi connectivity index (χ4v) is 4.65. The van der Waals surface area contributed by atoms with Gasteiger partial charge < -0.3 is 10.6 Å². The van der Waals surface area contributed by atoms with Crippen LogP contribution in [0.3, 0.4) is 0 Å². The van der Waals surface area contributed by atoms with Crippen LogP contribution in [-0.2, 0) is 26.0 Å². The lowest BCUT2D eigenvalue weighted by atomic mass is 9.88. The fourth-order valence-electron chi connectivity index (χ4n) is 3.52. The van der Waals surface area contributed by atoms with Crippen molar-refractivity contribution >= 4 is 27.5 Å². The van der Waals surface area contributed by atoms with Gasteiger partial charge in [0.15, 0.2) is 0 Å². The van der Waals surface area contributed by atoms with Crippen LogP contribution >= 0.6 is 0 Å². The maximum Gasteiger partial charge on any atom is 0.243 e. The predicted molar refractivity (Wildman–Crippen MR) is 111 cm³/mol. The normalized spacial score (nSPS) is 16.2. The minimum Gasteiger partial charge on any atom is -0.348 e. The second-order valence-corrected chi connectivity index (χ2v) is 9.22. The lowest BCUT2D eigenvalue weighted by Crippen LogP contribution is -2.40. The quantitative estimate of drug-likeness (QED) is 0.758. The molecule has 0 spiro atoms. The van der Waals surface area contributed by atoms with Crippen molar-refractivity contribution in [3.8, 4) is 0 Å². The van der Waals surface area contributed by atoms with Crippen molar-refractivity contribution in [1.82, 2.24) is 9.62 Å². The minimum absolute atomic E-state index is 0.0601. The van der Waals surface area contributed by atoms with Crippen LogP contribution in [0.15, 0.2) is 53.4 Å². The zero-order chi connectivity index (χ0) is 21.0. The molecule has 8 heteroatoms. The van der Waals surface area contributed by atoms with Crippen LogP contribution in [0, 0.1) is 0 Å². The third-order valence-electron chi connectivity index (χ3n) is 4.95. The van der Waals surface area contributed by atoms with E-state index in [1.807, 2.05) is 18.2 Å². The summed E-state index contributed by atoms with van der Waals surface area (Å²) in [6.45, 7) is 1.11. The lowest BCUT2D eigenvalue weighted by Gasteiger charge is -2.27. The highest BCUT2D eigenvalue weighted by atomic mass is 32.2. The van der Waals surface area contributed by atoms with Crippen LogP contribution in [0.1, 0.15) is 36.9 Å². The average Bonchev–Trinajstić information content (AvgIpc) is 2.68. The number of nitrogens with one attached hydrogen (secondary N) is 2. The summed E-state index contributed by atoms with van der Waals surface area (Å²) in [6.07, 6.45) is 2.81. The maximum atomic E-state index is 12.8. The highest BCUT2D eigenvalue weighted by molar-refractivity contribution is 7.89. The van der Waals surface area contributed by atoms with Crippen LogP contribution < -0.4 is 10.6 Å². The van der Waals surface area contributed by atoms with E-state index >= 15 is 0 Å². The minimum atomic E-state index is -3.82. The molecule has 0 fully saturated rings. The van der Waals surface area contributed by atoms with E-state index in [1.165, 1.54) is 43.8 Å². The Labute approximate surface area is 171 Å². The molecule has 0 radical (unpaired) electrons. The Kier molecular flexibility index (Phi) is 6.34. The number of benzene rings is 2. The molecule has 0 unspecified atom stereocenters. The van der Waals surface area contributed by atoms with E-state index in [-0.39, 0.29) is 29.3 Å². The number of rotatable bonds is 6. The Hall–Kier alpha value is -2.71. The Balaban J connectivity index is 1.65. The Morgan fingerprint density at radius 2 is 1.79 bits per heavy atom. The second-order valence-electron chi connectivity index (χ2n) is 7.18. The molecule has 2 N–H and O–H groups in total. The van der Waals surface area contributed by atoms with Gasteiger partial charge >= 0.3 is 0 Å². The van der Waals surface area contributed by atoms with Gasteiger partial charge in [-0.15, -0.1) is 0 Å². The first kappa shape index (κ1) is 21.0. The SMILES string of the molecule is CC(=O)Nc1ccc(S(=O)(=O)N(C)CC(=O)N[C@H]2CCCc3ccccc32)cc1. The van der Waals surface area contributed by atoms with Crippen LogP contribution in [0.5, 0.6) is 0 Å². The number of likely N-dealkylation sites (N-methyl/N-ethyl adjacent to an activating group) is 1. The van der Waals surface area contributed by atoms with E-state index in [1.54, 1.807) is 0 Å². The van der Waals surface area contributed by atoms with Gasteiger partial charge in [0.2, 0.25) is 21.8 Å². The molecule has 1 aliphatic rings. The monoisotopic (exact) mass is 415 g/mol. The van der Waals surface area contributed by atoms with Gasteiger partial charge in [-0.25, -0.2) is 8.42 Å². The van der Waals surface area contributed by atoms with Gasteiger partial charge in [-0.2, -0.15) is 4.31 Å². The van der Waals surface area contributed by atoms with Gasteiger partial charge in [-0.05, 0) is 54.7 Å². The number of carbonyl (C=O) groups excluding carboxylic acids is 2. The van der Waals surface area contributed by atoms with Gasteiger partial charge in [-0.3, -0.25) is 9.59 Å². The van der Waals surface area contributed by atoms with Crippen molar-refractivity contribution in [2.75, 3.05) is 18.9 Å². The molecule has 0 saturated carbocycles. The predicted octanol–water partition coefficient (Wildman–Crippen LogP) is 2.46. The number of anilines is 1. The molecule has 0 bridgehead atoms. The molecule has 7 nitrogen and oxygen atoms in total.